The van der Waals surface area contributed by atoms with Gasteiger partial charge in [-0.1, -0.05) is 99.5 Å². The number of pyridine rings is 2. The van der Waals surface area contributed by atoms with Crippen molar-refractivity contribution in [1.29, 1.82) is 0 Å². The van der Waals surface area contributed by atoms with Crippen molar-refractivity contribution in [2.75, 3.05) is 19.7 Å². The van der Waals surface area contributed by atoms with E-state index in [2.05, 4.69) is 45.6 Å². The van der Waals surface area contributed by atoms with E-state index in [-0.39, 0.29) is 74.9 Å². The second kappa shape index (κ2) is 30.3. The summed E-state index contributed by atoms with van der Waals surface area (Å²) in [7, 11) is 0. The Morgan fingerprint density at radius 1 is 0.607 bits per heavy atom. The van der Waals surface area contributed by atoms with Gasteiger partial charge in [-0.05, 0) is 107 Å². The number of amides is 5. The van der Waals surface area contributed by atoms with Crippen LogP contribution in [0.2, 0.25) is 17.4 Å². The molecular weight excluding hydrogens is 1170 g/mol. The highest BCUT2D eigenvalue weighted by Crippen LogP contribution is 2.45. The minimum Gasteiger partial charge on any atom is -0.461 e. The number of para-hydroxylation sites is 2. The monoisotopic (exact) mass is 1250 g/mol. The van der Waals surface area contributed by atoms with Gasteiger partial charge >= 0.3 is 30.4 Å². The summed E-state index contributed by atoms with van der Waals surface area (Å²) in [5.41, 5.74) is 13.6. The molecular formula is C67H77AlF6N8O7. The summed E-state index contributed by atoms with van der Waals surface area (Å²) < 4.78 is 88.0. The minimum absolute atomic E-state index is 0.0154. The molecule has 0 aliphatic carbocycles. The van der Waals surface area contributed by atoms with Crippen LogP contribution in [0.15, 0.2) is 130 Å². The smallest absolute Gasteiger partial charge is 0.405 e. The van der Waals surface area contributed by atoms with Crippen LogP contribution in [0.5, 0.6) is 0 Å². The fourth-order valence-corrected chi connectivity index (χ4v) is 10.4. The zero-order chi connectivity index (χ0) is 64.9. The molecule has 4 aromatic carbocycles. The number of benzene rings is 4. The number of rotatable bonds is 14. The molecule has 89 heavy (non-hydrogen) atoms. The van der Waals surface area contributed by atoms with Crippen molar-refractivity contribution in [1.82, 2.24) is 35.7 Å². The third kappa shape index (κ3) is 18.0. The molecule has 2 atom stereocenters. The lowest BCUT2D eigenvalue weighted by atomic mass is 9.94. The minimum atomic E-state index is -4.56. The van der Waals surface area contributed by atoms with Crippen LogP contribution in [0.3, 0.4) is 0 Å². The molecule has 5 amide bonds. The van der Waals surface area contributed by atoms with E-state index in [4.69, 9.17) is 18.6 Å². The Morgan fingerprint density at radius 3 is 1.39 bits per heavy atom. The molecule has 5 N–H and O–H groups in total. The van der Waals surface area contributed by atoms with Crippen LogP contribution in [0.1, 0.15) is 129 Å². The summed E-state index contributed by atoms with van der Waals surface area (Å²) >= 11 is -0.139. The Morgan fingerprint density at radius 2 is 1.01 bits per heavy atom. The van der Waals surface area contributed by atoms with E-state index >= 15 is 0 Å². The maximum absolute atomic E-state index is 13.2. The number of halogens is 6. The lowest BCUT2D eigenvalue weighted by Gasteiger charge is -2.27. The predicted octanol–water partition coefficient (Wildman–Crippen LogP) is 16.2. The van der Waals surface area contributed by atoms with Crippen molar-refractivity contribution in [3.8, 4) is 45.2 Å². The van der Waals surface area contributed by atoms with E-state index in [0.29, 0.717) is 41.2 Å². The van der Waals surface area contributed by atoms with Crippen LogP contribution in [-0.4, -0.2) is 102 Å². The third-order valence-electron chi connectivity index (χ3n) is 13.9. The van der Waals surface area contributed by atoms with Gasteiger partial charge in [0.2, 0.25) is 0 Å². The molecule has 15 nitrogen and oxygen atoms in total. The first-order chi connectivity index (χ1) is 42.2. The number of urea groups is 2. The van der Waals surface area contributed by atoms with Crippen molar-refractivity contribution >= 4 is 60.0 Å². The number of ether oxygens (including phenoxy) is 1. The highest BCUT2D eigenvalue weighted by molar-refractivity contribution is 6.54. The predicted molar refractivity (Wildman–Crippen MR) is 336 cm³/mol. The van der Waals surface area contributed by atoms with Crippen LogP contribution in [0.4, 0.5) is 35.9 Å². The summed E-state index contributed by atoms with van der Waals surface area (Å²) in [6.07, 6.45) is -5.63. The standard InChI is InChI=1S/C31H31F3N4O3.C31H33N3O4.C2H4F3N.3CH3.Al/c1-4-8-24-27-22(16-38(24)30(40)36-18(2)3)14-23(29(39)35-17-31(32,33)34)37-28(27)21-11-7-10-19(13-21)26-15-20-9-5-6-12-25(20)41-26;1-5-10-25-28-23(18-34(25)31(36)32-19(3)4)16-24(30(35)37-6-2)33-29(28)22-13-9-12-20(15-22)27-17-21-11-7-8-14-26(21)38-27;3-2(4,5)1-6;;;;/h5-7,9-15,18,24H,4,8,16-17H2,1-3H3,(H,35,39)(H,36,40);7-9,11-17,19,25H,5-6,10,18H2,1-4H3,(H,32,36);1,6H2;3*1H3;/t24-;25-;;;;;/m11...../s1. The van der Waals surface area contributed by atoms with Gasteiger partial charge in [-0.3, -0.25) is 4.79 Å². The average molecular weight is 1250 g/mol. The number of fused-ring (bicyclic) bond motifs is 4. The molecule has 0 radical (unpaired) electrons. The number of furan rings is 2. The molecule has 0 saturated carbocycles. The van der Waals surface area contributed by atoms with E-state index in [1.165, 1.54) is 6.07 Å². The molecule has 0 unspecified atom stereocenters. The molecule has 472 valence electrons. The highest BCUT2D eigenvalue weighted by Gasteiger charge is 2.39. The molecule has 6 heterocycles. The number of carbonyl (C=O) groups excluding carboxylic acids is 4. The van der Waals surface area contributed by atoms with Gasteiger partial charge in [0, 0.05) is 69.3 Å². The second-order valence-corrected chi connectivity index (χ2v) is 26.4. The van der Waals surface area contributed by atoms with Crippen LogP contribution in [-0.2, 0) is 17.8 Å². The number of nitrogens with zero attached hydrogens (tertiary/aromatic N) is 4. The summed E-state index contributed by atoms with van der Waals surface area (Å²) in [6.45, 7) is 11.7. The molecule has 0 fully saturated rings. The molecule has 10 rings (SSSR count). The quantitative estimate of drug-likeness (QED) is 0.0462. The topological polar surface area (TPSA) is 198 Å². The highest BCUT2D eigenvalue weighted by atomic mass is 27.2. The van der Waals surface area contributed by atoms with Gasteiger partial charge in [-0.15, -0.1) is 17.4 Å². The van der Waals surface area contributed by atoms with E-state index in [0.717, 1.165) is 80.3 Å². The number of hydrogen-bond donors (Lipinski definition) is 4. The molecule has 2 aliphatic heterocycles. The Balaban J connectivity index is 0.000000220. The molecule has 4 aromatic heterocycles. The van der Waals surface area contributed by atoms with E-state index in [1.807, 2.05) is 154 Å². The summed E-state index contributed by atoms with van der Waals surface area (Å²) in [5.74, 6) is 6.92. The number of nitrogens with one attached hydrogen (secondary N) is 3. The average Bonchev–Trinajstić information content (AvgIpc) is 1.67. The van der Waals surface area contributed by atoms with Crippen molar-refractivity contribution < 1.29 is 59.1 Å². The number of aromatic nitrogens is 2. The largest absolute Gasteiger partial charge is 0.461 e. The SMILES string of the molecule is CCC[C@@H]1c2c(cc(C(=O)NCC(F)(F)F)nc2-c2cccc(-c3cc4ccccc4o3)c2)CN1C(=O)NC(C)C.CCC[C@@H]1c2c(cc(C(=O)OCC)nc2-c2cccc(-c3cc4ccccc4o3)c2)CN1C(=O)NC(C)C.NCC(F)(F)F.[CH3][Al]([CH3])[CH3]. The van der Waals surface area contributed by atoms with Crippen LogP contribution in [0.25, 0.3) is 67.1 Å². The first-order valence-corrected chi connectivity index (χ1v) is 33.4. The maximum Gasteiger partial charge on any atom is 0.405 e. The zero-order valence-corrected chi connectivity index (χ0v) is 52.9. The van der Waals surface area contributed by atoms with Crippen molar-refractivity contribution in [3.63, 3.8) is 0 Å². The molecule has 2 aliphatic rings. The lowest BCUT2D eigenvalue weighted by Crippen LogP contribution is -2.42. The maximum atomic E-state index is 13.2. The summed E-state index contributed by atoms with van der Waals surface area (Å²) in [5, 5.41) is 9.87. The lowest BCUT2D eigenvalue weighted by molar-refractivity contribution is -0.123. The number of carbonyl (C=O) groups is 4. The Hall–Kier alpha value is -8.19. The number of hydrogen-bond acceptors (Lipinski definition) is 10. The van der Waals surface area contributed by atoms with Crippen molar-refractivity contribution in [2.45, 2.75) is 141 Å². The molecule has 8 aromatic rings. The first kappa shape index (κ1) is 68.3. The van der Waals surface area contributed by atoms with Gasteiger partial charge in [-0.2, -0.15) is 26.3 Å². The van der Waals surface area contributed by atoms with Gasteiger partial charge in [0.1, 0.15) is 40.6 Å². The zero-order valence-electron chi connectivity index (χ0n) is 51.8. The molecule has 0 saturated heterocycles. The van der Waals surface area contributed by atoms with Gasteiger partial charge < -0.3 is 45.1 Å². The van der Waals surface area contributed by atoms with Gasteiger partial charge in [0.15, 0.2) is 0 Å². The van der Waals surface area contributed by atoms with Crippen molar-refractivity contribution in [3.05, 3.63) is 155 Å². The normalized spacial score (nSPS) is 14.2. The fourth-order valence-electron chi connectivity index (χ4n) is 10.4. The van der Waals surface area contributed by atoms with Crippen molar-refractivity contribution in [2.24, 2.45) is 5.73 Å². The van der Waals surface area contributed by atoms with Gasteiger partial charge in [0.25, 0.3) is 20.1 Å². The van der Waals surface area contributed by atoms with Gasteiger partial charge in [0.05, 0.1) is 36.6 Å². The summed E-state index contributed by atoms with van der Waals surface area (Å²) in [4.78, 5) is 65.0. The van der Waals surface area contributed by atoms with Crippen LogP contribution >= 0.6 is 0 Å². The Kier molecular flexibility index (Phi) is 23.3. The Labute approximate surface area is 519 Å². The summed E-state index contributed by atoms with van der Waals surface area (Å²) in [6, 6.07) is 37.4. The molecule has 0 bridgehead atoms. The van der Waals surface area contributed by atoms with Crippen LogP contribution < -0.4 is 21.7 Å². The first-order valence-electron chi connectivity index (χ1n) is 29.9. The van der Waals surface area contributed by atoms with E-state index < -0.39 is 37.3 Å². The number of alkyl halides is 6. The van der Waals surface area contributed by atoms with Gasteiger partial charge in [-0.25, -0.2) is 24.4 Å². The third-order valence-corrected chi connectivity index (χ3v) is 13.9. The number of nitrogens with two attached hydrogens (primary N) is 1. The fraction of sp³-hybridized carbons (Fsp3) is 0.373. The number of esters is 1. The van der Waals surface area contributed by atoms with E-state index in [1.54, 1.807) is 17.9 Å². The Bertz CT molecular complexity index is 3680. The second-order valence-electron chi connectivity index (χ2n) is 23.0. The van der Waals surface area contributed by atoms with Crippen LogP contribution in [0, 0.1) is 0 Å². The molecule has 22 heteroatoms. The van der Waals surface area contributed by atoms with E-state index in [9.17, 15) is 45.5 Å². The molecule has 0 spiro atoms.